The first kappa shape index (κ1) is 15.5. The van der Waals surface area contributed by atoms with E-state index in [1.54, 1.807) is 0 Å². The number of rotatable bonds is 5. The number of nitrogens with zero attached hydrogens (tertiary/aromatic N) is 1. The Morgan fingerprint density at radius 3 is 2.44 bits per heavy atom. The highest BCUT2D eigenvalue weighted by atomic mass is 35.5. The van der Waals surface area contributed by atoms with E-state index in [9.17, 15) is 0 Å². The Hall–Kier alpha value is -0.570. The molecule has 0 aliphatic carbocycles. The summed E-state index contributed by atoms with van der Waals surface area (Å²) in [6, 6.07) is 7.84. The highest BCUT2D eigenvalue weighted by Crippen LogP contribution is 2.23. The molecule has 2 nitrogen and oxygen atoms in total. The van der Waals surface area contributed by atoms with E-state index in [1.807, 2.05) is 24.3 Å². The smallest absolute Gasteiger partial charge is 0.0453 e. The van der Waals surface area contributed by atoms with Crippen molar-refractivity contribution in [3.8, 4) is 0 Å². The third kappa shape index (κ3) is 5.38. The molecular weight excluding hydrogens is 244 g/mol. The molecule has 0 fully saturated rings. The Balaban J connectivity index is 2.47. The van der Waals surface area contributed by atoms with Gasteiger partial charge in [-0.25, -0.2) is 0 Å². The zero-order valence-corrected chi connectivity index (χ0v) is 12.7. The fraction of sp³-hybridized carbons (Fsp3) is 0.600. The summed E-state index contributed by atoms with van der Waals surface area (Å²) in [5, 5.41) is 0.767. The molecule has 0 saturated carbocycles. The normalized spacial score (nSPS) is 13.9. The maximum atomic E-state index is 6.20. The van der Waals surface area contributed by atoms with Crippen molar-refractivity contribution in [3.05, 3.63) is 34.9 Å². The topological polar surface area (TPSA) is 29.3 Å². The standard InChI is InChI=1S/C15H25ClN2/c1-15(2,3)11-18(4)10-9-14(17)12-7-5-6-8-13(12)16/h5-8,14H,9-11,17H2,1-4H3. The lowest BCUT2D eigenvalue weighted by atomic mass is 9.96. The van der Waals surface area contributed by atoms with Crippen molar-refractivity contribution >= 4 is 11.6 Å². The van der Waals surface area contributed by atoms with Gasteiger partial charge in [-0.2, -0.15) is 0 Å². The molecule has 1 aromatic carbocycles. The Labute approximate surface area is 116 Å². The highest BCUT2D eigenvalue weighted by molar-refractivity contribution is 6.31. The van der Waals surface area contributed by atoms with Crippen LogP contribution in [0.4, 0.5) is 0 Å². The summed E-state index contributed by atoms with van der Waals surface area (Å²) in [4.78, 5) is 2.33. The monoisotopic (exact) mass is 268 g/mol. The summed E-state index contributed by atoms with van der Waals surface area (Å²) in [5.74, 6) is 0. The van der Waals surface area contributed by atoms with Crippen molar-refractivity contribution < 1.29 is 0 Å². The minimum atomic E-state index is 0.0149. The number of hydrogen-bond donors (Lipinski definition) is 1. The summed E-state index contributed by atoms with van der Waals surface area (Å²) in [6.07, 6.45) is 0.927. The van der Waals surface area contributed by atoms with Crippen molar-refractivity contribution in [2.75, 3.05) is 20.1 Å². The summed E-state index contributed by atoms with van der Waals surface area (Å²) < 4.78 is 0. The van der Waals surface area contributed by atoms with Gasteiger partial charge < -0.3 is 10.6 Å². The van der Waals surface area contributed by atoms with E-state index in [-0.39, 0.29) is 6.04 Å². The van der Waals surface area contributed by atoms with Crippen LogP contribution in [0.3, 0.4) is 0 Å². The van der Waals surface area contributed by atoms with Gasteiger partial charge in [0, 0.05) is 17.6 Å². The van der Waals surface area contributed by atoms with Crippen molar-refractivity contribution in [2.24, 2.45) is 11.1 Å². The van der Waals surface area contributed by atoms with Crippen molar-refractivity contribution in [3.63, 3.8) is 0 Å². The Morgan fingerprint density at radius 1 is 1.28 bits per heavy atom. The van der Waals surface area contributed by atoms with Crippen molar-refractivity contribution in [2.45, 2.75) is 33.2 Å². The average molecular weight is 269 g/mol. The Morgan fingerprint density at radius 2 is 1.89 bits per heavy atom. The zero-order chi connectivity index (χ0) is 13.8. The molecule has 0 aromatic heterocycles. The SMILES string of the molecule is CN(CCC(N)c1ccccc1Cl)CC(C)(C)C. The van der Waals surface area contributed by atoms with Gasteiger partial charge in [0.25, 0.3) is 0 Å². The van der Waals surface area contributed by atoms with E-state index in [0.29, 0.717) is 5.41 Å². The van der Waals surface area contributed by atoms with Crippen LogP contribution in [0.1, 0.15) is 38.8 Å². The Kier molecular flexibility index (Phi) is 5.64. The van der Waals surface area contributed by atoms with Crippen LogP contribution in [0.2, 0.25) is 5.02 Å². The third-order valence-electron chi connectivity index (χ3n) is 2.87. The van der Waals surface area contributed by atoms with Gasteiger partial charge in [0.1, 0.15) is 0 Å². The van der Waals surface area contributed by atoms with Gasteiger partial charge in [-0.15, -0.1) is 0 Å². The van der Waals surface area contributed by atoms with Crippen LogP contribution in [-0.2, 0) is 0 Å². The molecule has 0 aliphatic heterocycles. The van der Waals surface area contributed by atoms with Crippen molar-refractivity contribution in [1.82, 2.24) is 4.90 Å². The fourth-order valence-electron chi connectivity index (χ4n) is 2.18. The molecule has 1 atom stereocenters. The van der Waals surface area contributed by atoms with E-state index in [4.69, 9.17) is 17.3 Å². The minimum absolute atomic E-state index is 0.0149. The highest BCUT2D eigenvalue weighted by Gasteiger charge is 2.15. The molecule has 0 aliphatic rings. The number of benzene rings is 1. The molecule has 2 N–H and O–H groups in total. The largest absolute Gasteiger partial charge is 0.324 e. The molecule has 102 valence electrons. The van der Waals surface area contributed by atoms with Gasteiger partial charge in [0.2, 0.25) is 0 Å². The van der Waals surface area contributed by atoms with Gasteiger partial charge in [-0.3, -0.25) is 0 Å². The second-order valence-electron chi connectivity index (χ2n) is 6.22. The van der Waals surface area contributed by atoms with E-state index in [2.05, 4.69) is 32.7 Å². The molecule has 1 unspecified atom stereocenters. The van der Waals surface area contributed by atoms with E-state index >= 15 is 0 Å². The second-order valence-corrected chi connectivity index (χ2v) is 6.62. The first-order valence-corrected chi connectivity index (χ1v) is 6.86. The maximum Gasteiger partial charge on any atom is 0.0453 e. The summed E-state index contributed by atoms with van der Waals surface area (Å²) in [5.41, 5.74) is 7.56. The third-order valence-corrected chi connectivity index (χ3v) is 3.21. The number of hydrogen-bond acceptors (Lipinski definition) is 2. The van der Waals surface area contributed by atoms with Crippen LogP contribution in [0, 0.1) is 5.41 Å². The zero-order valence-electron chi connectivity index (χ0n) is 11.9. The minimum Gasteiger partial charge on any atom is -0.324 e. The van der Waals surface area contributed by atoms with Crippen LogP contribution in [-0.4, -0.2) is 25.0 Å². The molecule has 0 amide bonds. The first-order chi connectivity index (χ1) is 8.29. The fourth-order valence-corrected chi connectivity index (χ4v) is 2.46. The van der Waals surface area contributed by atoms with Crippen LogP contribution in [0.25, 0.3) is 0 Å². The van der Waals surface area contributed by atoms with Gasteiger partial charge in [0.15, 0.2) is 0 Å². The molecule has 3 heteroatoms. The van der Waals surface area contributed by atoms with Gasteiger partial charge >= 0.3 is 0 Å². The predicted octanol–water partition coefficient (Wildman–Crippen LogP) is 3.71. The van der Waals surface area contributed by atoms with Crippen LogP contribution < -0.4 is 5.73 Å². The van der Waals surface area contributed by atoms with E-state index in [1.165, 1.54) is 0 Å². The molecule has 18 heavy (non-hydrogen) atoms. The quantitative estimate of drug-likeness (QED) is 0.882. The summed E-state index contributed by atoms with van der Waals surface area (Å²) in [7, 11) is 2.14. The lowest BCUT2D eigenvalue weighted by molar-refractivity contribution is 0.221. The molecule has 1 rings (SSSR count). The van der Waals surface area contributed by atoms with E-state index < -0.39 is 0 Å². The molecule has 0 radical (unpaired) electrons. The van der Waals surface area contributed by atoms with Gasteiger partial charge in [0.05, 0.1) is 0 Å². The molecule has 0 saturated heterocycles. The van der Waals surface area contributed by atoms with E-state index in [0.717, 1.165) is 30.1 Å². The number of nitrogens with two attached hydrogens (primary N) is 1. The van der Waals surface area contributed by atoms with Crippen LogP contribution in [0.15, 0.2) is 24.3 Å². The molecule has 0 bridgehead atoms. The molecule has 0 heterocycles. The van der Waals surface area contributed by atoms with Crippen LogP contribution in [0.5, 0.6) is 0 Å². The average Bonchev–Trinajstić information content (AvgIpc) is 2.24. The lowest BCUT2D eigenvalue weighted by Crippen LogP contribution is -2.31. The van der Waals surface area contributed by atoms with Gasteiger partial charge in [-0.05, 0) is 37.1 Å². The Bertz CT molecular complexity index is 371. The lowest BCUT2D eigenvalue weighted by Gasteiger charge is -2.27. The summed E-state index contributed by atoms with van der Waals surface area (Å²) >= 11 is 6.15. The predicted molar refractivity (Wildman–Crippen MR) is 79.9 cm³/mol. The van der Waals surface area contributed by atoms with Crippen molar-refractivity contribution in [1.29, 1.82) is 0 Å². The molecule has 1 aromatic rings. The number of halogens is 1. The second kappa shape index (κ2) is 6.55. The first-order valence-electron chi connectivity index (χ1n) is 6.48. The van der Waals surface area contributed by atoms with Crippen LogP contribution >= 0.6 is 11.6 Å². The molecule has 0 spiro atoms. The maximum absolute atomic E-state index is 6.20. The van der Waals surface area contributed by atoms with Gasteiger partial charge in [-0.1, -0.05) is 50.6 Å². The molecular formula is C15H25ClN2. The summed E-state index contributed by atoms with van der Waals surface area (Å²) in [6.45, 7) is 8.80.